The van der Waals surface area contributed by atoms with Crippen molar-refractivity contribution < 1.29 is 33.1 Å². The third-order valence-electron chi connectivity index (χ3n) is 10.6. The SMILES string of the molecule is CCCN(CCC)C(=O)C1CC(C(=O)NC(CC2CC(F)CC(F)C2)C(O)CN(CC)NC(=O)C2CCCCC2)CC(C(=O)N(C)C)C1. The number of nitrogens with one attached hydrogen (secondary N) is 2. The molecule has 0 aromatic carbocycles. The molecule has 4 amide bonds. The number of halogens is 2. The molecule has 3 aliphatic rings. The molecule has 0 bridgehead atoms. The second-order valence-electron chi connectivity index (χ2n) is 14.9. The molecule has 0 saturated heterocycles. The molecule has 0 radical (unpaired) electrons. The van der Waals surface area contributed by atoms with E-state index in [9.17, 15) is 33.1 Å². The van der Waals surface area contributed by atoms with E-state index >= 15 is 0 Å². The molecule has 7 atom stereocenters. The lowest BCUT2D eigenvalue weighted by molar-refractivity contribution is -0.143. The number of rotatable bonds is 16. The molecule has 3 fully saturated rings. The normalized spacial score (nSPS) is 27.9. The first-order chi connectivity index (χ1) is 22.9. The quantitative estimate of drug-likeness (QED) is 0.208. The number of amides is 4. The van der Waals surface area contributed by atoms with E-state index in [-0.39, 0.29) is 80.5 Å². The van der Waals surface area contributed by atoms with Crippen LogP contribution in [-0.4, -0.2) is 108 Å². The first-order valence-corrected chi connectivity index (χ1v) is 18.7. The lowest BCUT2D eigenvalue weighted by Gasteiger charge is -2.38. The molecule has 0 aromatic rings. The van der Waals surface area contributed by atoms with E-state index < -0.39 is 42.2 Å². The maximum atomic E-state index is 14.4. The predicted octanol–water partition coefficient (Wildman–Crippen LogP) is 4.40. The van der Waals surface area contributed by atoms with E-state index in [1.807, 2.05) is 25.7 Å². The van der Waals surface area contributed by atoms with Crippen LogP contribution in [-0.2, 0) is 19.2 Å². The van der Waals surface area contributed by atoms with Crippen LogP contribution in [0, 0.1) is 29.6 Å². The number of hydrogen-bond acceptors (Lipinski definition) is 6. The van der Waals surface area contributed by atoms with Gasteiger partial charge in [0.25, 0.3) is 0 Å². The molecule has 0 aromatic heterocycles. The van der Waals surface area contributed by atoms with Gasteiger partial charge in [-0.3, -0.25) is 24.6 Å². The zero-order chi connectivity index (χ0) is 35.4. The van der Waals surface area contributed by atoms with E-state index in [0.29, 0.717) is 26.1 Å². The number of aliphatic hydroxyl groups excluding tert-OH is 1. The first-order valence-electron chi connectivity index (χ1n) is 18.7. The average molecular weight is 684 g/mol. The molecule has 3 rings (SSSR count). The molecule has 48 heavy (non-hydrogen) atoms. The van der Waals surface area contributed by atoms with Crippen LogP contribution >= 0.6 is 0 Å². The smallest absolute Gasteiger partial charge is 0.237 e. The molecule has 0 aliphatic heterocycles. The van der Waals surface area contributed by atoms with Crippen molar-refractivity contribution in [3.05, 3.63) is 0 Å². The summed E-state index contributed by atoms with van der Waals surface area (Å²) in [6.07, 6.45) is 3.99. The van der Waals surface area contributed by atoms with Gasteiger partial charge in [-0.15, -0.1) is 0 Å². The molecule has 0 spiro atoms. The summed E-state index contributed by atoms with van der Waals surface area (Å²) in [4.78, 5) is 57.3. The van der Waals surface area contributed by atoms with Crippen LogP contribution in [0.1, 0.15) is 111 Å². The summed E-state index contributed by atoms with van der Waals surface area (Å²) in [5.41, 5.74) is 2.95. The molecule has 10 nitrogen and oxygen atoms in total. The van der Waals surface area contributed by atoms with Crippen molar-refractivity contribution in [2.75, 3.05) is 40.3 Å². The third kappa shape index (κ3) is 11.9. The van der Waals surface area contributed by atoms with E-state index in [4.69, 9.17) is 0 Å². The predicted molar refractivity (Wildman–Crippen MR) is 182 cm³/mol. The van der Waals surface area contributed by atoms with Crippen LogP contribution in [0.15, 0.2) is 0 Å². The van der Waals surface area contributed by atoms with Crippen LogP contribution < -0.4 is 10.7 Å². The fourth-order valence-electron chi connectivity index (χ4n) is 8.10. The number of carbonyl (C=O) groups excluding carboxylic acids is 4. The standard InChI is InChI=1S/C36H63F2N5O5/c1-6-14-42(15-7-2)36(48)28-20-26(19-27(21-28)35(47)41(4)5)33(45)39-31(18-24-16-29(37)22-30(38)17-24)32(44)23-43(8-3)40-34(46)25-12-10-9-11-13-25/h24-32,44H,6-23H2,1-5H3,(H,39,45)(H,40,46). The highest BCUT2D eigenvalue weighted by Crippen LogP contribution is 2.37. The van der Waals surface area contributed by atoms with E-state index in [1.54, 1.807) is 19.1 Å². The number of hydrogen-bond donors (Lipinski definition) is 3. The van der Waals surface area contributed by atoms with Crippen LogP contribution in [0.3, 0.4) is 0 Å². The largest absolute Gasteiger partial charge is 0.390 e. The molecule has 0 heterocycles. The zero-order valence-corrected chi connectivity index (χ0v) is 30.1. The number of nitrogens with zero attached hydrogens (tertiary/aromatic N) is 3. The average Bonchev–Trinajstić information content (AvgIpc) is 3.06. The Morgan fingerprint density at radius 1 is 0.750 bits per heavy atom. The fourth-order valence-corrected chi connectivity index (χ4v) is 8.10. The number of carbonyl (C=O) groups is 4. The second kappa shape index (κ2) is 19.7. The van der Waals surface area contributed by atoms with Gasteiger partial charge in [0.1, 0.15) is 12.3 Å². The van der Waals surface area contributed by atoms with Gasteiger partial charge >= 0.3 is 0 Å². The van der Waals surface area contributed by atoms with Gasteiger partial charge in [0.2, 0.25) is 23.6 Å². The van der Waals surface area contributed by atoms with E-state index in [0.717, 1.165) is 44.9 Å². The minimum Gasteiger partial charge on any atom is -0.390 e. The Kier molecular flexibility index (Phi) is 16.5. The van der Waals surface area contributed by atoms with Crippen LogP contribution in [0.4, 0.5) is 8.78 Å². The Morgan fingerprint density at radius 2 is 1.31 bits per heavy atom. The highest BCUT2D eigenvalue weighted by Gasteiger charge is 2.42. The molecule has 12 heteroatoms. The van der Waals surface area contributed by atoms with Crippen LogP contribution in [0.25, 0.3) is 0 Å². The number of aliphatic hydroxyl groups is 1. The highest BCUT2D eigenvalue weighted by atomic mass is 19.1. The highest BCUT2D eigenvalue weighted by molar-refractivity contribution is 5.86. The van der Waals surface area contributed by atoms with Gasteiger partial charge in [-0.25, -0.2) is 13.8 Å². The Labute approximate surface area is 287 Å². The fraction of sp³-hybridized carbons (Fsp3) is 0.889. The minimum atomic E-state index is -1.29. The lowest BCUT2D eigenvalue weighted by atomic mass is 9.73. The van der Waals surface area contributed by atoms with Crippen LogP contribution in [0.5, 0.6) is 0 Å². The summed E-state index contributed by atoms with van der Waals surface area (Å²) in [5, 5.41) is 16.2. The van der Waals surface area contributed by atoms with Crippen LogP contribution in [0.2, 0.25) is 0 Å². The lowest BCUT2D eigenvalue weighted by Crippen LogP contribution is -2.55. The Balaban J connectivity index is 1.80. The molecule has 3 saturated carbocycles. The topological polar surface area (TPSA) is 122 Å². The van der Waals surface area contributed by atoms with Gasteiger partial charge in [0, 0.05) is 70.4 Å². The molecular formula is C36H63F2N5O5. The monoisotopic (exact) mass is 683 g/mol. The molecule has 7 unspecified atom stereocenters. The van der Waals surface area contributed by atoms with Gasteiger partial charge in [0.05, 0.1) is 12.1 Å². The van der Waals surface area contributed by atoms with E-state index in [2.05, 4.69) is 10.7 Å². The van der Waals surface area contributed by atoms with Crippen molar-refractivity contribution >= 4 is 23.6 Å². The third-order valence-corrected chi connectivity index (χ3v) is 10.6. The molecule has 3 N–H and O–H groups in total. The summed E-state index contributed by atoms with van der Waals surface area (Å²) in [7, 11) is 3.34. The number of likely N-dealkylation sites (N-methyl/N-ethyl adjacent to an activating group) is 1. The van der Waals surface area contributed by atoms with Gasteiger partial charge in [-0.05, 0) is 70.1 Å². The van der Waals surface area contributed by atoms with E-state index in [1.165, 1.54) is 4.90 Å². The summed E-state index contributed by atoms with van der Waals surface area (Å²) < 4.78 is 28.9. The van der Waals surface area contributed by atoms with Crippen molar-refractivity contribution in [1.82, 2.24) is 25.6 Å². The zero-order valence-electron chi connectivity index (χ0n) is 30.1. The van der Waals surface area contributed by atoms with Gasteiger partial charge in [-0.2, -0.15) is 0 Å². The minimum absolute atomic E-state index is 0.0290. The molecule has 3 aliphatic carbocycles. The molecule has 276 valence electrons. The second-order valence-corrected chi connectivity index (χ2v) is 14.9. The van der Waals surface area contributed by atoms with Crippen molar-refractivity contribution in [3.8, 4) is 0 Å². The maximum Gasteiger partial charge on any atom is 0.237 e. The Hall–Kier alpha value is -2.34. The van der Waals surface area contributed by atoms with Gasteiger partial charge < -0.3 is 20.2 Å². The van der Waals surface area contributed by atoms with Crippen molar-refractivity contribution in [2.24, 2.45) is 29.6 Å². The Bertz CT molecular complexity index is 1030. The van der Waals surface area contributed by atoms with Gasteiger partial charge in [0.15, 0.2) is 0 Å². The Morgan fingerprint density at radius 3 is 1.85 bits per heavy atom. The first kappa shape index (κ1) is 40.1. The summed E-state index contributed by atoms with van der Waals surface area (Å²) in [6, 6.07) is -0.837. The summed E-state index contributed by atoms with van der Waals surface area (Å²) >= 11 is 0. The molecular weight excluding hydrogens is 620 g/mol. The van der Waals surface area contributed by atoms with Crippen molar-refractivity contribution in [3.63, 3.8) is 0 Å². The maximum absolute atomic E-state index is 14.4. The number of hydrazine groups is 1. The van der Waals surface area contributed by atoms with Gasteiger partial charge in [-0.1, -0.05) is 40.0 Å². The van der Waals surface area contributed by atoms with Crippen molar-refractivity contribution in [2.45, 2.75) is 135 Å². The van der Waals surface area contributed by atoms with Crippen molar-refractivity contribution in [1.29, 1.82) is 0 Å². The number of alkyl halides is 2. The summed E-state index contributed by atoms with van der Waals surface area (Å²) in [6.45, 7) is 7.57. The summed E-state index contributed by atoms with van der Waals surface area (Å²) in [5.74, 6) is -2.71.